The highest BCUT2D eigenvalue weighted by atomic mass is 35.5. The van der Waals surface area contributed by atoms with Gasteiger partial charge in [0.05, 0.1) is 4.90 Å². The number of alkyl halides is 4. The Balaban J connectivity index is 2.36. The predicted octanol–water partition coefficient (Wildman–Crippen LogP) is 3.79. The third-order valence-corrected chi connectivity index (χ3v) is 5.60. The first kappa shape index (κ1) is 16.9. The van der Waals surface area contributed by atoms with Gasteiger partial charge in [0.15, 0.2) is 0 Å². The molecule has 0 heterocycles. The van der Waals surface area contributed by atoms with E-state index in [9.17, 15) is 21.6 Å². The molecule has 0 radical (unpaired) electrons. The minimum Gasteiger partial charge on any atom is -0.207 e. The first-order chi connectivity index (χ1) is 9.65. The number of sulfonamides is 1. The molecule has 0 aromatic heterocycles. The maximum atomic E-state index is 12.6. The predicted molar refractivity (Wildman–Crippen MR) is 74.0 cm³/mol. The van der Waals surface area contributed by atoms with Crippen molar-refractivity contribution in [3.63, 3.8) is 0 Å². The molecule has 21 heavy (non-hydrogen) atoms. The Morgan fingerprint density at radius 3 is 2.33 bits per heavy atom. The molecule has 0 atom stereocenters. The molecule has 0 amide bonds. The average molecular weight is 362 g/mol. The van der Waals surface area contributed by atoms with Crippen molar-refractivity contribution in [2.24, 2.45) is 0 Å². The van der Waals surface area contributed by atoms with Crippen LogP contribution in [-0.4, -0.2) is 31.5 Å². The fourth-order valence-corrected chi connectivity index (χ4v) is 4.19. The maximum Gasteiger partial charge on any atom is 0.402 e. The van der Waals surface area contributed by atoms with Gasteiger partial charge in [-0.15, -0.1) is 11.6 Å². The molecule has 1 fully saturated rings. The lowest BCUT2D eigenvalue weighted by Gasteiger charge is -2.23. The summed E-state index contributed by atoms with van der Waals surface area (Å²) in [5.74, 6) is 0.0913. The van der Waals surface area contributed by atoms with Crippen LogP contribution < -0.4 is 0 Å². The molecule has 118 valence electrons. The van der Waals surface area contributed by atoms with Gasteiger partial charge < -0.3 is 0 Å². The summed E-state index contributed by atoms with van der Waals surface area (Å²) in [6, 6.07) is 3.18. The molecule has 0 saturated heterocycles. The van der Waals surface area contributed by atoms with E-state index in [4.69, 9.17) is 23.2 Å². The Labute approximate surface area is 130 Å². The van der Waals surface area contributed by atoms with Crippen LogP contribution in [0.3, 0.4) is 0 Å². The summed E-state index contributed by atoms with van der Waals surface area (Å²) in [4.78, 5) is -0.252. The number of nitrogens with zero attached hydrogens (tertiary/aromatic N) is 1. The Kier molecular flexibility index (Phi) is 4.78. The minimum atomic E-state index is -4.59. The summed E-state index contributed by atoms with van der Waals surface area (Å²) in [7, 11) is -4.23. The Morgan fingerprint density at radius 2 is 1.90 bits per heavy atom. The van der Waals surface area contributed by atoms with E-state index >= 15 is 0 Å². The molecule has 1 aromatic carbocycles. The van der Waals surface area contributed by atoms with Crippen LogP contribution in [0.5, 0.6) is 0 Å². The molecule has 0 bridgehead atoms. The van der Waals surface area contributed by atoms with Gasteiger partial charge in [-0.1, -0.05) is 17.7 Å². The van der Waals surface area contributed by atoms with E-state index in [1.807, 2.05) is 0 Å². The van der Waals surface area contributed by atoms with E-state index in [0.29, 0.717) is 22.7 Å². The van der Waals surface area contributed by atoms with E-state index in [-0.39, 0.29) is 15.8 Å². The van der Waals surface area contributed by atoms with Crippen LogP contribution in [0.4, 0.5) is 13.2 Å². The van der Waals surface area contributed by atoms with E-state index in [1.165, 1.54) is 12.1 Å². The highest BCUT2D eigenvalue weighted by Crippen LogP contribution is 2.35. The van der Waals surface area contributed by atoms with Crippen LogP contribution in [-0.2, 0) is 15.9 Å². The normalized spacial score (nSPS) is 16.5. The van der Waals surface area contributed by atoms with Crippen LogP contribution in [0.15, 0.2) is 23.1 Å². The van der Waals surface area contributed by atoms with Gasteiger partial charge in [0.25, 0.3) is 0 Å². The van der Waals surface area contributed by atoms with Crippen molar-refractivity contribution in [2.45, 2.75) is 35.8 Å². The second kappa shape index (κ2) is 5.95. The molecule has 0 unspecified atom stereocenters. The van der Waals surface area contributed by atoms with Crippen LogP contribution in [0, 0.1) is 0 Å². The summed E-state index contributed by atoms with van der Waals surface area (Å²) in [6.45, 7) is -1.49. The average Bonchev–Trinajstić information content (AvgIpc) is 3.18. The third-order valence-electron chi connectivity index (χ3n) is 3.06. The van der Waals surface area contributed by atoms with Gasteiger partial charge in [-0.2, -0.15) is 17.5 Å². The molecule has 9 heteroatoms. The smallest absolute Gasteiger partial charge is 0.207 e. The van der Waals surface area contributed by atoms with Crippen molar-refractivity contribution in [3.8, 4) is 0 Å². The van der Waals surface area contributed by atoms with E-state index in [0.717, 1.165) is 6.07 Å². The van der Waals surface area contributed by atoms with Gasteiger partial charge in [0.2, 0.25) is 10.0 Å². The Morgan fingerprint density at radius 1 is 1.29 bits per heavy atom. The summed E-state index contributed by atoms with van der Waals surface area (Å²) in [5.41, 5.74) is 0.520. The monoisotopic (exact) mass is 361 g/mol. The molecule has 3 nitrogen and oxygen atoms in total. The van der Waals surface area contributed by atoms with Crippen molar-refractivity contribution >= 4 is 33.2 Å². The fraction of sp³-hybridized carbons (Fsp3) is 0.500. The van der Waals surface area contributed by atoms with Crippen LogP contribution in [0.25, 0.3) is 0 Å². The third kappa shape index (κ3) is 4.03. The molecular weight excluding hydrogens is 350 g/mol. The number of benzene rings is 1. The largest absolute Gasteiger partial charge is 0.402 e. The van der Waals surface area contributed by atoms with Gasteiger partial charge in [-0.05, 0) is 30.5 Å². The molecule has 1 aliphatic rings. The van der Waals surface area contributed by atoms with Crippen molar-refractivity contribution < 1.29 is 21.6 Å². The van der Waals surface area contributed by atoms with Crippen molar-refractivity contribution in [3.05, 3.63) is 28.8 Å². The molecule has 1 saturated carbocycles. The first-order valence-corrected chi connectivity index (χ1v) is 8.43. The molecule has 2 rings (SSSR count). The van der Waals surface area contributed by atoms with Crippen LogP contribution in [0.2, 0.25) is 5.02 Å². The van der Waals surface area contributed by atoms with E-state index in [1.54, 1.807) is 0 Å². The lowest BCUT2D eigenvalue weighted by atomic mass is 10.2. The number of halogens is 5. The second-order valence-electron chi connectivity index (χ2n) is 4.78. The van der Waals surface area contributed by atoms with Gasteiger partial charge in [0.1, 0.15) is 6.54 Å². The minimum absolute atomic E-state index is 0.0913. The van der Waals surface area contributed by atoms with Gasteiger partial charge in [-0.3, -0.25) is 0 Å². The van der Waals surface area contributed by atoms with Gasteiger partial charge in [-0.25, -0.2) is 8.42 Å². The van der Waals surface area contributed by atoms with Crippen LogP contribution in [0.1, 0.15) is 18.4 Å². The topological polar surface area (TPSA) is 37.4 Å². The lowest BCUT2D eigenvalue weighted by Crippen LogP contribution is -2.40. The summed E-state index contributed by atoms with van der Waals surface area (Å²) < 4.78 is 63.0. The second-order valence-corrected chi connectivity index (χ2v) is 7.35. The maximum absolute atomic E-state index is 12.6. The molecule has 1 aliphatic carbocycles. The zero-order chi connectivity index (χ0) is 15.8. The highest BCUT2D eigenvalue weighted by Gasteiger charge is 2.44. The quantitative estimate of drug-likeness (QED) is 0.748. The Bertz CT molecular complexity index is 630. The van der Waals surface area contributed by atoms with Crippen molar-refractivity contribution in [1.29, 1.82) is 0 Å². The van der Waals surface area contributed by atoms with E-state index in [2.05, 4.69) is 0 Å². The number of hydrogen-bond acceptors (Lipinski definition) is 2. The summed E-state index contributed by atoms with van der Waals surface area (Å²) in [6.07, 6.45) is -3.72. The van der Waals surface area contributed by atoms with E-state index < -0.39 is 28.8 Å². The Hall–Kier alpha value is -0.500. The number of rotatable bonds is 5. The lowest BCUT2D eigenvalue weighted by molar-refractivity contribution is -0.137. The van der Waals surface area contributed by atoms with Crippen molar-refractivity contribution in [2.75, 3.05) is 6.54 Å². The molecule has 0 aliphatic heterocycles. The highest BCUT2D eigenvalue weighted by molar-refractivity contribution is 7.89. The SMILES string of the molecule is O=S(=O)(c1ccc(CCl)c(Cl)c1)N(CC(F)(F)F)C1CC1. The van der Waals surface area contributed by atoms with Crippen molar-refractivity contribution in [1.82, 2.24) is 4.31 Å². The zero-order valence-corrected chi connectivity index (χ0v) is 13.0. The fourth-order valence-electron chi connectivity index (χ4n) is 1.88. The van der Waals surface area contributed by atoms with Gasteiger partial charge in [0, 0.05) is 16.9 Å². The summed E-state index contributed by atoms with van der Waals surface area (Å²) in [5, 5.41) is 0.119. The molecule has 1 aromatic rings. The molecular formula is C12H12Cl2F3NO2S. The first-order valence-electron chi connectivity index (χ1n) is 6.08. The van der Waals surface area contributed by atoms with Gasteiger partial charge >= 0.3 is 6.18 Å². The zero-order valence-electron chi connectivity index (χ0n) is 10.7. The molecule has 0 N–H and O–H groups in total. The molecule has 0 spiro atoms. The summed E-state index contributed by atoms with van der Waals surface area (Å²) >= 11 is 11.5. The standard InChI is InChI=1S/C12H12Cl2F3NO2S/c13-6-8-1-4-10(5-11(8)14)21(19,20)18(9-2-3-9)7-12(15,16)17/h1,4-5,9H,2-3,6-7H2. The van der Waals surface area contributed by atoms with Crippen LogP contribution >= 0.6 is 23.2 Å². The number of hydrogen-bond donors (Lipinski definition) is 0.